The predicted octanol–water partition coefficient (Wildman–Crippen LogP) is 2.12. The Morgan fingerprint density at radius 3 is 2.24 bits per heavy atom. The highest BCUT2D eigenvalue weighted by atomic mass is 15.2. The van der Waals surface area contributed by atoms with E-state index in [4.69, 9.17) is 0 Å². The first-order chi connectivity index (χ1) is 8.11. The van der Waals surface area contributed by atoms with Gasteiger partial charge < -0.3 is 5.32 Å². The van der Waals surface area contributed by atoms with Crippen molar-refractivity contribution in [3.8, 4) is 0 Å². The lowest BCUT2D eigenvalue weighted by Gasteiger charge is -2.31. The number of rotatable bonds is 2. The normalized spacial score (nSPS) is 37.3. The summed E-state index contributed by atoms with van der Waals surface area (Å²) < 4.78 is 0. The number of likely N-dealkylation sites (tertiary alicyclic amines) is 1. The average Bonchev–Trinajstić information content (AvgIpc) is 2.67. The van der Waals surface area contributed by atoms with Crippen molar-refractivity contribution in [2.24, 2.45) is 10.8 Å². The van der Waals surface area contributed by atoms with Gasteiger partial charge in [0.15, 0.2) is 0 Å². The van der Waals surface area contributed by atoms with Crippen LogP contribution in [-0.4, -0.2) is 31.1 Å². The number of hydrogen-bond acceptors (Lipinski definition) is 2. The van der Waals surface area contributed by atoms with Gasteiger partial charge in [-0.15, -0.1) is 0 Å². The monoisotopic (exact) mass is 230 g/mol. The van der Waals surface area contributed by atoms with Gasteiger partial charge in [0.1, 0.15) is 0 Å². The second-order valence-electron chi connectivity index (χ2n) is 6.36. The Balaban J connectivity index is 1.73. The average molecular weight is 230 g/mol. The Kier molecular flexibility index (Phi) is 2.53. The third-order valence-electron chi connectivity index (χ3n) is 4.88. The van der Waals surface area contributed by atoms with Crippen LogP contribution in [0.1, 0.15) is 19.4 Å². The van der Waals surface area contributed by atoms with Gasteiger partial charge in [0.2, 0.25) is 0 Å². The summed E-state index contributed by atoms with van der Waals surface area (Å²) in [6.45, 7) is 10.8. The topological polar surface area (TPSA) is 15.3 Å². The van der Waals surface area contributed by atoms with E-state index in [1.807, 2.05) is 0 Å². The molecular weight excluding hydrogens is 208 g/mol. The zero-order valence-electron chi connectivity index (χ0n) is 10.9. The molecule has 0 unspecified atom stereocenters. The van der Waals surface area contributed by atoms with E-state index < -0.39 is 0 Å². The second-order valence-corrected chi connectivity index (χ2v) is 6.36. The van der Waals surface area contributed by atoms with E-state index in [2.05, 4.69) is 54.4 Å². The molecule has 2 aliphatic rings. The van der Waals surface area contributed by atoms with Crippen LogP contribution in [-0.2, 0) is 6.54 Å². The quantitative estimate of drug-likeness (QED) is 0.837. The van der Waals surface area contributed by atoms with Gasteiger partial charge in [0.05, 0.1) is 0 Å². The first-order valence-electron chi connectivity index (χ1n) is 6.58. The van der Waals surface area contributed by atoms with E-state index >= 15 is 0 Å². The Labute approximate surface area is 104 Å². The molecule has 2 nitrogen and oxygen atoms in total. The number of hydrogen-bond donors (Lipinski definition) is 1. The molecule has 17 heavy (non-hydrogen) atoms. The highest BCUT2D eigenvalue weighted by Crippen LogP contribution is 2.48. The summed E-state index contributed by atoms with van der Waals surface area (Å²) >= 11 is 0. The Morgan fingerprint density at radius 2 is 1.65 bits per heavy atom. The van der Waals surface area contributed by atoms with E-state index in [9.17, 15) is 0 Å². The first-order valence-corrected chi connectivity index (χ1v) is 6.58. The van der Waals surface area contributed by atoms with Crippen molar-refractivity contribution < 1.29 is 0 Å². The summed E-state index contributed by atoms with van der Waals surface area (Å²) in [5.74, 6) is 0. The molecule has 0 saturated carbocycles. The Morgan fingerprint density at radius 1 is 1.06 bits per heavy atom. The molecule has 1 aromatic rings. The summed E-state index contributed by atoms with van der Waals surface area (Å²) in [7, 11) is 0. The summed E-state index contributed by atoms with van der Waals surface area (Å²) in [6, 6.07) is 10.8. The number of fused-ring (bicyclic) bond motifs is 1. The van der Waals surface area contributed by atoms with Crippen molar-refractivity contribution in [2.75, 3.05) is 26.2 Å². The van der Waals surface area contributed by atoms with Crippen molar-refractivity contribution in [2.45, 2.75) is 20.4 Å². The molecule has 0 spiro atoms. The lowest BCUT2D eigenvalue weighted by atomic mass is 9.71. The van der Waals surface area contributed by atoms with E-state index in [1.165, 1.54) is 31.7 Å². The fourth-order valence-corrected chi connectivity index (χ4v) is 3.53. The van der Waals surface area contributed by atoms with Crippen LogP contribution < -0.4 is 5.32 Å². The van der Waals surface area contributed by atoms with Gasteiger partial charge in [0.25, 0.3) is 0 Å². The second kappa shape index (κ2) is 3.82. The van der Waals surface area contributed by atoms with Gasteiger partial charge in [-0.25, -0.2) is 0 Å². The van der Waals surface area contributed by atoms with E-state index in [0.29, 0.717) is 10.8 Å². The molecule has 92 valence electrons. The molecule has 1 aromatic carbocycles. The van der Waals surface area contributed by atoms with E-state index in [-0.39, 0.29) is 0 Å². The third-order valence-corrected chi connectivity index (χ3v) is 4.88. The van der Waals surface area contributed by atoms with Crippen LogP contribution in [0.2, 0.25) is 0 Å². The molecular formula is C15H22N2. The molecule has 2 fully saturated rings. The predicted molar refractivity (Wildman–Crippen MR) is 70.8 cm³/mol. The van der Waals surface area contributed by atoms with Crippen LogP contribution in [0.15, 0.2) is 30.3 Å². The smallest absolute Gasteiger partial charge is 0.0234 e. The highest BCUT2D eigenvalue weighted by Gasteiger charge is 2.54. The number of benzene rings is 1. The van der Waals surface area contributed by atoms with Crippen molar-refractivity contribution in [1.82, 2.24) is 10.2 Å². The number of nitrogens with zero attached hydrogens (tertiary/aromatic N) is 1. The van der Waals surface area contributed by atoms with Crippen LogP contribution in [0.4, 0.5) is 0 Å². The van der Waals surface area contributed by atoms with Crippen LogP contribution in [0.5, 0.6) is 0 Å². The van der Waals surface area contributed by atoms with E-state index in [0.717, 1.165) is 6.54 Å². The molecule has 0 aromatic heterocycles. The Bertz CT molecular complexity index is 385. The fraction of sp³-hybridized carbons (Fsp3) is 0.600. The summed E-state index contributed by atoms with van der Waals surface area (Å²) in [4.78, 5) is 2.62. The zero-order chi connectivity index (χ0) is 11.9. The third kappa shape index (κ3) is 1.80. The minimum absolute atomic E-state index is 0.460. The lowest BCUT2D eigenvalue weighted by molar-refractivity contribution is 0.212. The maximum Gasteiger partial charge on any atom is 0.0234 e. The van der Waals surface area contributed by atoms with Crippen LogP contribution in [0.3, 0.4) is 0 Å². The minimum Gasteiger partial charge on any atom is -0.316 e. The molecule has 2 saturated heterocycles. The molecule has 0 radical (unpaired) electrons. The van der Waals surface area contributed by atoms with Crippen LogP contribution >= 0.6 is 0 Å². The van der Waals surface area contributed by atoms with Gasteiger partial charge in [-0.3, -0.25) is 4.90 Å². The van der Waals surface area contributed by atoms with Gasteiger partial charge in [-0.1, -0.05) is 44.2 Å². The molecule has 1 N–H and O–H groups in total. The lowest BCUT2D eigenvalue weighted by Crippen LogP contribution is -2.34. The molecule has 2 heteroatoms. The maximum absolute atomic E-state index is 3.56. The molecule has 3 rings (SSSR count). The highest BCUT2D eigenvalue weighted by molar-refractivity contribution is 5.16. The maximum atomic E-state index is 3.56. The van der Waals surface area contributed by atoms with E-state index in [1.54, 1.807) is 0 Å². The molecule has 0 bridgehead atoms. The molecule has 0 aliphatic carbocycles. The summed E-state index contributed by atoms with van der Waals surface area (Å²) in [5.41, 5.74) is 2.36. The van der Waals surface area contributed by atoms with Crippen molar-refractivity contribution >= 4 is 0 Å². The molecule has 2 aliphatic heterocycles. The molecule has 2 atom stereocenters. The van der Waals surface area contributed by atoms with Crippen LogP contribution in [0, 0.1) is 10.8 Å². The van der Waals surface area contributed by atoms with Gasteiger partial charge in [0, 0.05) is 43.6 Å². The fourth-order valence-electron chi connectivity index (χ4n) is 3.53. The molecule has 0 amide bonds. The SMILES string of the molecule is C[C@@]12CNC[C@]1(C)CN(Cc1ccccc1)C2. The Hall–Kier alpha value is -0.860. The first kappa shape index (κ1) is 11.2. The number of nitrogens with one attached hydrogen (secondary N) is 1. The van der Waals surface area contributed by atoms with Crippen molar-refractivity contribution in [3.63, 3.8) is 0 Å². The summed E-state index contributed by atoms with van der Waals surface area (Å²) in [6.07, 6.45) is 0. The largest absolute Gasteiger partial charge is 0.316 e. The van der Waals surface area contributed by atoms with Gasteiger partial charge in [-0.2, -0.15) is 0 Å². The van der Waals surface area contributed by atoms with Crippen molar-refractivity contribution in [1.29, 1.82) is 0 Å². The minimum atomic E-state index is 0.460. The zero-order valence-corrected chi connectivity index (χ0v) is 10.9. The standard InChI is InChI=1S/C15H22N2/c1-14-9-16-10-15(14,2)12-17(11-14)8-13-6-4-3-5-7-13/h3-7,16H,8-12H2,1-2H3/t14-,15+. The van der Waals surface area contributed by atoms with Gasteiger partial charge in [-0.05, 0) is 5.56 Å². The van der Waals surface area contributed by atoms with Crippen LogP contribution in [0.25, 0.3) is 0 Å². The van der Waals surface area contributed by atoms with Gasteiger partial charge >= 0.3 is 0 Å². The molecule has 2 heterocycles. The van der Waals surface area contributed by atoms with Crippen molar-refractivity contribution in [3.05, 3.63) is 35.9 Å². The summed E-state index contributed by atoms with van der Waals surface area (Å²) in [5, 5.41) is 3.56.